The number of hydrogen-bond donors (Lipinski definition) is 3. The Kier molecular flexibility index (Phi) is 5.90. The molecule has 1 atom stereocenters. The third kappa shape index (κ3) is 4.87. The summed E-state index contributed by atoms with van der Waals surface area (Å²) in [5.41, 5.74) is 2.74. The SMILES string of the molecule is O=C(NCc1cccnc1)C(NCc1ccncc1)c1ccc(O)cc1. The van der Waals surface area contributed by atoms with Gasteiger partial charge in [-0.15, -0.1) is 0 Å². The number of hydrogen-bond acceptors (Lipinski definition) is 5. The van der Waals surface area contributed by atoms with Gasteiger partial charge in [-0.05, 0) is 47.0 Å². The molecular weight excluding hydrogens is 328 g/mol. The van der Waals surface area contributed by atoms with Crippen LogP contribution >= 0.6 is 0 Å². The van der Waals surface area contributed by atoms with Crippen molar-refractivity contribution < 1.29 is 9.90 Å². The van der Waals surface area contributed by atoms with Crippen molar-refractivity contribution in [2.24, 2.45) is 0 Å². The van der Waals surface area contributed by atoms with E-state index in [1.165, 1.54) is 0 Å². The van der Waals surface area contributed by atoms with Gasteiger partial charge in [-0.2, -0.15) is 0 Å². The molecule has 0 radical (unpaired) electrons. The van der Waals surface area contributed by atoms with E-state index in [0.29, 0.717) is 13.1 Å². The molecule has 1 amide bonds. The Morgan fingerprint density at radius 3 is 2.38 bits per heavy atom. The van der Waals surface area contributed by atoms with Gasteiger partial charge < -0.3 is 10.4 Å². The van der Waals surface area contributed by atoms with Gasteiger partial charge in [0, 0.05) is 37.9 Å². The largest absolute Gasteiger partial charge is 0.508 e. The van der Waals surface area contributed by atoms with E-state index in [9.17, 15) is 9.90 Å². The maximum atomic E-state index is 12.8. The van der Waals surface area contributed by atoms with Crippen LogP contribution in [-0.2, 0) is 17.9 Å². The predicted octanol–water partition coefficient (Wildman–Crippen LogP) is 2.33. The van der Waals surface area contributed by atoms with E-state index in [1.807, 2.05) is 24.3 Å². The van der Waals surface area contributed by atoms with Crippen LogP contribution in [0.2, 0.25) is 0 Å². The molecule has 1 aromatic carbocycles. The van der Waals surface area contributed by atoms with Crippen molar-refractivity contribution in [2.45, 2.75) is 19.1 Å². The number of phenolic OH excluding ortho intramolecular Hbond substituents is 1. The molecule has 0 aliphatic carbocycles. The first-order valence-corrected chi connectivity index (χ1v) is 8.30. The molecule has 132 valence electrons. The van der Waals surface area contributed by atoms with Gasteiger partial charge in [0.2, 0.25) is 5.91 Å². The van der Waals surface area contributed by atoms with Crippen molar-refractivity contribution in [2.75, 3.05) is 0 Å². The highest BCUT2D eigenvalue weighted by Gasteiger charge is 2.20. The van der Waals surface area contributed by atoms with Crippen LogP contribution in [0.1, 0.15) is 22.7 Å². The first-order chi connectivity index (χ1) is 12.7. The number of carbonyl (C=O) groups excluding carboxylic acids is 1. The molecule has 6 heteroatoms. The number of nitrogens with zero attached hydrogens (tertiary/aromatic N) is 2. The molecule has 3 aromatic rings. The van der Waals surface area contributed by atoms with Gasteiger partial charge in [0.25, 0.3) is 0 Å². The fourth-order valence-corrected chi connectivity index (χ4v) is 2.54. The first kappa shape index (κ1) is 17.6. The zero-order valence-corrected chi connectivity index (χ0v) is 14.2. The lowest BCUT2D eigenvalue weighted by atomic mass is 10.1. The summed E-state index contributed by atoms with van der Waals surface area (Å²) in [7, 11) is 0. The number of aromatic hydroxyl groups is 1. The average molecular weight is 348 g/mol. The molecule has 0 aliphatic rings. The lowest BCUT2D eigenvalue weighted by molar-refractivity contribution is -0.123. The fourth-order valence-electron chi connectivity index (χ4n) is 2.54. The third-order valence-corrected chi connectivity index (χ3v) is 3.94. The van der Waals surface area contributed by atoms with Crippen LogP contribution in [0.4, 0.5) is 0 Å². The number of benzene rings is 1. The first-order valence-electron chi connectivity index (χ1n) is 8.30. The Labute approximate surface area is 152 Å². The lowest BCUT2D eigenvalue weighted by Gasteiger charge is -2.19. The van der Waals surface area contributed by atoms with Crippen molar-refractivity contribution in [1.82, 2.24) is 20.6 Å². The van der Waals surface area contributed by atoms with Crippen LogP contribution in [0.15, 0.2) is 73.3 Å². The predicted molar refractivity (Wildman–Crippen MR) is 98.0 cm³/mol. The number of rotatable bonds is 7. The molecule has 0 bridgehead atoms. The zero-order valence-electron chi connectivity index (χ0n) is 14.2. The van der Waals surface area contributed by atoms with Crippen LogP contribution in [0, 0.1) is 0 Å². The highest BCUT2D eigenvalue weighted by Crippen LogP contribution is 2.18. The number of nitrogens with one attached hydrogen (secondary N) is 2. The molecule has 0 fully saturated rings. The summed E-state index contributed by atoms with van der Waals surface area (Å²) in [6, 6.07) is 13.6. The Hall–Kier alpha value is -3.25. The Balaban J connectivity index is 1.71. The molecule has 2 heterocycles. The van der Waals surface area contributed by atoms with E-state index < -0.39 is 6.04 Å². The maximum absolute atomic E-state index is 12.8. The molecule has 1 unspecified atom stereocenters. The van der Waals surface area contributed by atoms with Gasteiger partial charge in [-0.1, -0.05) is 18.2 Å². The lowest BCUT2D eigenvalue weighted by Crippen LogP contribution is -2.37. The van der Waals surface area contributed by atoms with Gasteiger partial charge >= 0.3 is 0 Å². The van der Waals surface area contributed by atoms with Crippen molar-refractivity contribution in [3.8, 4) is 5.75 Å². The average Bonchev–Trinajstić information content (AvgIpc) is 2.69. The molecule has 2 aromatic heterocycles. The van der Waals surface area contributed by atoms with Crippen molar-refractivity contribution in [3.63, 3.8) is 0 Å². The van der Waals surface area contributed by atoms with E-state index in [0.717, 1.165) is 16.7 Å². The minimum Gasteiger partial charge on any atom is -0.508 e. The van der Waals surface area contributed by atoms with Crippen molar-refractivity contribution in [3.05, 3.63) is 90.0 Å². The van der Waals surface area contributed by atoms with Gasteiger partial charge in [-0.25, -0.2) is 0 Å². The van der Waals surface area contributed by atoms with Crippen LogP contribution in [0.25, 0.3) is 0 Å². The van der Waals surface area contributed by atoms with E-state index in [1.54, 1.807) is 49.1 Å². The van der Waals surface area contributed by atoms with E-state index >= 15 is 0 Å². The van der Waals surface area contributed by atoms with Gasteiger partial charge in [0.05, 0.1) is 0 Å². The van der Waals surface area contributed by atoms with Crippen LogP contribution in [0.3, 0.4) is 0 Å². The Morgan fingerprint density at radius 2 is 1.69 bits per heavy atom. The molecule has 3 N–H and O–H groups in total. The number of aromatic nitrogens is 2. The smallest absolute Gasteiger partial charge is 0.242 e. The Morgan fingerprint density at radius 1 is 0.923 bits per heavy atom. The van der Waals surface area contributed by atoms with E-state index in [-0.39, 0.29) is 11.7 Å². The standard InChI is InChI=1S/C20H20N4O2/c25-18-5-3-17(4-6-18)19(23-13-15-7-10-21-11-8-15)20(26)24-14-16-2-1-9-22-12-16/h1-12,19,23,25H,13-14H2,(H,24,26). The van der Waals surface area contributed by atoms with Crippen molar-refractivity contribution >= 4 is 5.91 Å². The number of carbonyl (C=O) groups is 1. The second-order valence-electron chi connectivity index (χ2n) is 5.84. The molecule has 6 nitrogen and oxygen atoms in total. The minimum absolute atomic E-state index is 0.145. The monoisotopic (exact) mass is 348 g/mol. The minimum atomic E-state index is -0.541. The van der Waals surface area contributed by atoms with Gasteiger partial charge in [0.1, 0.15) is 11.8 Å². The summed E-state index contributed by atoms with van der Waals surface area (Å²) < 4.78 is 0. The summed E-state index contributed by atoms with van der Waals surface area (Å²) in [6.07, 6.45) is 6.85. The number of phenols is 1. The van der Waals surface area contributed by atoms with Crippen molar-refractivity contribution in [1.29, 1.82) is 0 Å². The molecule has 0 saturated carbocycles. The molecule has 0 spiro atoms. The van der Waals surface area contributed by atoms with Crippen LogP contribution < -0.4 is 10.6 Å². The third-order valence-electron chi connectivity index (χ3n) is 3.94. The summed E-state index contributed by atoms with van der Waals surface area (Å²) in [6.45, 7) is 0.923. The zero-order chi connectivity index (χ0) is 18.2. The molecule has 0 saturated heterocycles. The normalized spacial score (nSPS) is 11.7. The second-order valence-corrected chi connectivity index (χ2v) is 5.84. The van der Waals surface area contributed by atoms with Gasteiger partial charge in [0.15, 0.2) is 0 Å². The summed E-state index contributed by atoms with van der Waals surface area (Å²) in [5, 5.41) is 15.7. The maximum Gasteiger partial charge on any atom is 0.242 e. The van der Waals surface area contributed by atoms with E-state index in [2.05, 4.69) is 20.6 Å². The second kappa shape index (κ2) is 8.73. The summed E-state index contributed by atoms with van der Waals surface area (Å²) >= 11 is 0. The number of amides is 1. The summed E-state index contributed by atoms with van der Waals surface area (Å²) in [4.78, 5) is 20.8. The highest BCUT2D eigenvalue weighted by molar-refractivity contribution is 5.83. The topological polar surface area (TPSA) is 87.1 Å². The van der Waals surface area contributed by atoms with Crippen LogP contribution in [0.5, 0.6) is 5.75 Å². The summed E-state index contributed by atoms with van der Waals surface area (Å²) in [5.74, 6) is 0.0194. The van der Waals surface area contributed by atoms with Crippen LogP contribution in [-0.4, -0.2) is 21.0 Å². The number of pyridine rings is 2. The molecular formula is C20H20N4O2. The Bertz CT molecular complexity index is 823. The molecule has 3 rings (SSSR count). The van der Waals surface area contributed by atoms with E-state index in [4.69, 9.17) is 0 Å². The quantitative estimate of drug-likeness (QED) is 0.610. The molecule has 26 heavy (non-hydrogen) atoms. The molecule has 0 aliphatic heterocycles. The fraction of sp³-hybridized carbons (Fsp3) is 0.150. The highest BCUT2D eigenvalue weighted by atomic mass is 16.3. The van der Waals surface area contributed by atoms with Gasteiger partial charge in [-0.3, -0.25) is 20.1 Å².